The Morgan fingerprint density at radius 1 is 1.45 bits per heavy atom. The van der Waals surface area contributed by atoms with Crippen LogP contribution in [0.1, 0.15) is 43.4 Å². The van der Waals surface area contributed by atoms with Crippen molar-refractivity contribution < 1.29 is 9.18 Å². The summed E-state index contributed by atoms with van der Waals surface area (Å²) in [5.41, 5.74) is 1.72. The summed E-state index contributed by atoms with van der Waals surface area (Å²) >= 11 is 0. The van der Waals surface area contributed by atoms with Crippen LogP contribution in [0.15, 0.2) is 18.3 Å². The van der Waals surface area contributed by atoms with Crippen LogP contribution in [0.25, 0.3) is 5.65 Å². The highest BCUT2D eigenvalue weighted by molar-refractivity contribution is 5.94. The maximum absolute atomic E-state index is 13.4. The fourth-order valence-electron chi connectivity index (χ4n) is 2.11. The van der Waals surface area contributed by atoms with Crippen molar-refractivity contribution in [3.8, 4) is 0 Å². The molecule has 0 bridgehead atoms. The summed E-state index contributed by atoms with van der Waals surface area (Å²) in [5.74, 6) is -0.0463. The number of rotatable bonds is 5. The van der Waals surface area contributed by atoms with E-state index in [1.54, 1.807) is 6.07 Å². The lowest BCUT2D eigenvalue weighted by molar-refractivity contribution is 0.0945. The molecule has 4 nitrogen and oxygen atoms in total. The molecule has 0 saturated carbocycles. The molecular formula is C15H20FN3O. The van der Waals surface area contributed by atoms with Crippen molar-refractivity contribution in [2.75, 3.05) is 6.54 Å². The summed E-state index contributed by atoms with van der Waals surface area (Å²) in [6, 6.07) is 2.93. The number of aryl methyl sites for hydroxylation is 1. The smallest absolute Gasteiger partial charge is 0.270 e. The lowest BCUT2D eigenvalue weighted by Crippen LogP contribution is -2.27. The van der Waals surface area contributed by atoms with Gasteiger partial charge in [0, 0.05) is 12.7 Å². The number of hydrogen-bond donors (Lipinski definition) is 1. The molecule has 0 spiro atoms. The second-order valence-corrected chi connectivity index (χ2v) is 5.27. The third-order valence-corrected chi connectivity index (χ3v) is 3.21. The Morgan fingerprint density at radius 3 is 2.85 bits per heavy atom. The highest BCUT2D eigenvalue weighted by Gasteiger charge is 2.18. The number of imidazole rings is 1. The molecule has 0 unspecified atom stereocenters. The van der Waals surface area contributed by atoms with Gasteiger partial charge in [0.1, 0.15) is 17.2 Å². The van der Waals surface area contributed by atoms with Crippen molar-refractivity contribution in [2.24, 2.45) is 5.92 Å². The largest absolute Gasteiger partial charge is 0.351 e. The highest BCUT2D eigenvalue weighted by Crippen LogP contribution is 2.14. The second-order valence-electron chi connectivity index (χ2n) is 5.27. The van der Waals surface area contributed by atoms with E-state index in [1.807, 2.05) is 6.92 Å². The van der Waals surface area contributed by atoms with Gasteiger partial charge in [-0.25, -0.2) is 9.37 Å². The van der Waals surface area contributed by atoms with Gasteiger partial charge in [0.25, 0.3) is 5.91 Å². The minimum Gasteiger partial charge on any atom is -0.351 e. The van der Waals surface area contributed by atoms with Gasteiger partial charge in [-0.15, -0.1) is 0 Å². The maximum atomic E-state index is 13.4. The van der Waals surface area contributed by atoms with Crippen LogP contribution in [0.3, 0.4) is 0 Å². The van der Waals surface area contributed by atoms with Crippen LogP contribution in [0.5, 0.6) is 0 Å². The molecule has 0 aliphatic heterocycles. The molecule has 0 aliphatic rings. The number of carbonyl (C=O) groups is 1. The van der Waals surface area contributed by atoms with E-state index in [2.05, 4.69) is 24.1 Å². The molecule has 2 rings (SSSR count). The molecular weight excluding hydrogens is 257 g/mol. The number of nitrogens with one attached hydrogen (secondary N) is 1. The summed E-state index contributed by atoms with van der Waals surface area (Å²) in [4.78, 5) is 16.7. The predicted octanol–water partition coefficient (Wildman–Crippen LogP) is 2.81. The predicted molar refractivity (Wildman–Crippen MR) is 76.3 cm³/mol. The van der Waals surface area contributed by atoms with Gasteiger partial charge in [-0.05, 0) is 30.9 Å². The zero-order chi connectivity index (χ0) is 14.7. The van der Waals surface area contributed by atoms with E-state index in [0.29, 0.717) is 35.9 Å². The molecule has 0 radical (unpaired) electrons. The second kappa shape index (κ2) is 6.03. The van der Waals surface area contributed by atoms with Crippen LogP contribution in [0.2, 0.25) is 0 Å². The van der Waals surface area contributed by atoms with E-state index in [1.165, 1.54) is 16.7 Å². The maximum Gasteiger partial charge on any atom is 0.270 e. The molecule has 2 aromatic rings. The van der Waals surface area contributed by atoms with Crippen molar-refractivity contribution in [3.63, 3.8) is 0 Å². The Morgan fingerprint density at radius 2 is 2.20 bits per heavy atom. The Balaban J connectivity index is 2.31. The van der Waals surface area contributed by atoms with E-state index in [9.17, 15) is 9.18 Å². The summed E-state index contributed by atoms with van der Waals surface area (Å²) in [6.07, 6.45) is 2.85. The number of carbonyl (C=O) groups excluding carboxylic acids is 1. The molecule has 2 heterocycles. The van der Waals surface area contributed by atoms with Crippen molar-refractivity contribution >= 4 is 11.6 Å². The van der Waals surface area contributed by atoms with Crippen molar-refractivity contribution in [3.05, 3.63) is 35.5 Å². The van der Waals surface area contributed by atoms with Crippen molar-refractivity contribution in [2.45, 2.75) is 33.6 Å². The first-order chi connectivity index (χ1) is 9.52. The zero-order valence-corrected chi connectivity index (χ0v) is 12.1. The fraction of sp³-hybridized carbons (Fsp3) is 0.467. The number of pyridine rings is 1. The van der Waals surface area contributed by atoms with Gasteiger partial charge in [-0.2, -0.15) is 0 Å². The third kappa shape index (κ3) is 2.98. The van der Waals surface area contributed by atoms with Crippen LogP contribution in [-0.2, 0) is 6.42 Å². The van der Waals surface area contributed by atoms with E-state index in [-0.39, 0.29) is 11.7 Å². The van der Waals surface area contributed by atoms with E-state index < -0.39 is 0 Å². The van der Waals surface area contributed by atoms with Gasteiger partial charge in [0.05, 0.1) is 5.69 Å². The molecule has 2 aromatic heterocycles. The fourth-order valence-corrected chi connectivity index (χ4v) is 2.11. The molecule has 1 amide bonds. The minimum atomic E-state index is -0.381. The monoisotopic (exact) mass is 277 g/mol. The first-order valence-electron chi connectivity index (χ1n) is 6.97. The number of aromatic nitrogens is 2. The molecule has 5 heteroatoms. The first kappa shape index (κ1) is 14.5. The van der Waals surface area contributed by atoms with Gasteiger partial charge >= 0.3 is 0 Å². The molecule has 0 fully saturated rings. The molecule has 0 aromatic carbocycles. The van der Waals surface area contributed by atoms with E-state index in [4.69, 9.17) is 0 Å². The SMILES string of the molecule is CCc1nc2ccc(F)cn2c1C(=O)NCCC(C)C. The van der Waals surface area contributed by atoms with Gasteiger partial charge in [0.15, 0.2) is 0 Å². The normalized spacial score (nSPS) is 11.2. The topological polar surface area (TPSA) is 46.4 Å². The summed E-state index contributed by atoms with van der Waals surface area (Å²) in [6.45, 7) is 6.76. The number of halogens is 1. The van der Waals surface area contributed by atoms with Crippen LogP contribution in [0.4, 0.5) is 4.39 Å². The van der Waals surface area contributed by atoms with Crippen molar-refractivity contribution in [1.82, 2.24) is 14.7 Å². The standard InChI is InChI=1S/C15H20FN3O/c1-4-12-14(15(20)17-8-7-10(2)3)19-9-11(16)5-6-13(19)18-12/h5-6,9-10H,4,7-8H2,1-3H3,(H,17,20). The highest BCUT2D eigenvalue weighted by atomic mass is 19.1. The Labute approximate surface area is 118 Å². The average molecular weight is 277 g/mol. The lowest BCUT2D eigenvalue weighted by atomic mass is 10.1. The van der Waals surface area contributed by atoms with Gasteiger partial charge in [0.2, 0.25) is 0 Å². The van der Waals surface area contributed by atoms with Gasteiger partial charge in [-0.1, -0.05) is 20.8 Å². The average Bonchev–Trinajstić information content (AvgIpc) is 2.75. The van der Waals surface area contributed by atoms with E-state index >= 15 is 0 Å². The lowest BCUT2D eigenvalue weighted by Gasteiger charge is -2.08. The first-order valence-corrected chi connectivity index (χ1v) is 6.97. The third-order valence-electron chi connectivity index (χ3n) is 3.21. The molecule has 108 valence electrons. The minimum absolute atomic E-state index is 0.194. The van der Waals surface area contributed by atoms with Crippen molar-refractivity contribution in [1.29, 1.82) is 0 Å². The number of nitrogens with zero attached hydrogens (tertiary/aromatic N) is 2. The Hall–Kier alpha value is -1.91. The van der Waals surface area contributed by atoms with Crippen LogP contribution >= 0.6 is 0 Å². The molecule has 1 N–H and O–H groups in total. The molecule has 0 saturated heterocycles. The van der Waals surface area contributed by atoms with Crippen LogP contribution in [-0.4, -0.2) is 21.8 Å². The number of fused-ring (bicyclic) bond motifs is 1. The zero-order valence-electron chi connectivity index (χ0n) is 12.1. The van der Waals surface area contributed by atoms with Crippen LogP contribution < -0.4 is 5.32 Å². The molecule has 0 aliphatic carbocycles. The summed E-state index contributed by atoms with van der Waals surface area (Å²) in [5, 5.41) is 2.88. The quantitative estimate of drug-likeness (QED) is 0.913. The number of hydrogen-bond acceptors (Lipinski definition) is 2. The van der Waals surface area contributed by atoms with E-state index in [0.717, 1.165) is 6.42 Å². The number of amides is 1. The summed E-state index contributed by atoms with van der Waals surface area (Å²) in [7, 11) is 0. The van der Waals surface area contributed by atoms with Crippen LogP contribution in [0, 0.1) is 11.7 Å². The van der Waals surface area contributed by atoms with Gasteiger partial charge in [-0.3, -0.25) is 9.20 Å². The Bertz CT molecular complexity index is 619. The molecule has 0 atom stereocenters. The van der Waals surface area contributed by atoms with Gasteiger partial charge < -0.3 is 5.32 Å². The summed E-state index contributed by atoms with van der Waals surface area (Å²) < 4.78 is 14.9. The Kier molecular flexibility index (Phi) is 4.37. The molecule has 20 heavy (non-hydrogen) atoms.